The molecule has 0 saturated carbocycles. The maximum atomic E-state index is 6.15. The van der Waals surface area contributed by atoms with Gasteiger partial charge in [0.15, 0.2) is 0 Å². The Hall–Kier alpha value is -0.530. The van der Waals surface area contributed by atoms with Crippen molar-refractivity contribution in [1.82, 2.24) is 5.32 Å². The molecule has 0 saturated heterocycles. The fourth-order valence-corrected chi connectivity index (χ4v) is 2.14. The summed E-state index contributed by atoms with van der Waals surface area (Å²) >= 11 is 6.15. The zero-order valence-corrected chi connectivity index (χ0v) is 11.9. The van der Waals surface area contributed by atoms with Gasteiger partial charge in [0, 0.05) is 18.5 Å². The van der Waals surface area contributed by atoms with E-state index < -0.39 is 0 Å². The third kappa shape index (κ3) is 5.56. The van der Waals surface area contributed by atoms with Gasteiger partial charge in [-0.05, 0) is 23.5 Å². The van der Waals surface area contributed by atoms with Crippen LogP contribution in [0.2, 0.25) is 0 Å². The van der Waals surface area contributed by atoms with Crippen molar-refractivity contribution in [3.05, 3.63) is 35.4 Å². The zero-order valence-electron chi connectivity index (χ0n) is 11.2. The third-order valence-electron chi connectivity index (χ3n) is 2.94. The SMILES string of the molecule is CCCC(Cl)CNCc1ccc(C(C)C)cc1. The molecule has 0 aliphatic rings. The normalized spacial score (nSPS) is 13.0. The molecule has 1 unspecified atom stereocenters. The van der Waals surface area contributed by atoms with E-state index in [9.17, 15) is 0 Å². The first kappa shape index (κ1) is 14.5. The molecular formula is C15H24ClN. The molecule has 17 heavy (non-hydrogen) atoms. The molecule has 0 aromatic heterocycles. The van der Waals surface area contributed by atoms with Crippen molar-refractivity contribution in [2.24, 2.45) is 0 Å². The Morgan fingerprint density at radius 2 is 1.82 bits per heavy atom. The van der Waals surface area contributed by atoms with E-state index in [1.165, 1.54) is 11.1 Å². The monoisotopic (exact) mass is 253 g/mol. The van der Waals surface area contributed by atoms with E-state index >= 15 is 0 Å². The molecule has 1 nitrogen and oxygen atoms in total. The van der Waals surface area contributed by atoms with Crippen molar-refractivity contribution in [3.8, 4) is 0 Å². The molecule has 0 radical (unpaired) electrons. The summed E-state index contributed by atoms with van der Waals surface area (Å²) in [6, 6.07) is 8.83. The molecular weight excluding hydrogens is 230 g/mol. The van der Waals surface area contributed by atoms with Gasteiger partial charge < -0.3 is 5.32 Å². The predicted molar refractivity (Wildman–Crippen MR) is 76.8 cm³/mol. The van der Waals surface area contributed by atoms with Crippen LogP contribution in [0, 0.1) is 0 Å². The predicted octanol–water partition coefficient (Wildman–Crippen LogP) is 4.31. The molecule has 1 aromatic rings. The Labute approximate surface area is 111 Å². The lowest BCUT2D eigenvalue weighted by Gasteiger charge is -2.10. The smallest absolute Gasteiger partial charge is 0.0460 e. The van der Waals surface area contributed by atoms with Crippen LogP contribution < -0.4 is 5.32 Å². The second kappa shape index (κ2) is 7.73. The van der Waals surface area contributed by atoms with E-state index in [0.717, 1.165) is 25.9 Å². The van der Waals surface area contributed by atoms with E-state index in [1.807, 2.05) is 0 Å². The number of nitrogens with one attached hydrogen (secondary N) is 1. The molecule has 1 aromatic carbocycles. The molecule has 2 heteroatoms. The Morgan fingerprint density at radius 1 is 1.18 bits per heavy atom. The quantitative estimate of drug-likeness (QED) is 0.714. The number of alkyl halides is 1. The van der Waals surface area contributed by atoms with Gasteiger partial charge in [0.25, 0.3) is 0 Å². The molecule has 0 heterocycles. The highest BCUT2D eigenvalue weighted by Gasteiger charge is 2.02. The Balaban J connectivity index is 2.32. The molecule has 0 amide bonds. The van der Waals surface area contributed by atoms with E-state index in [2.05, 4.69) is 50.4 Å². The fraction of sp³-hybridized carbons (Fsp3) is 0.600. The van der Waals surface area contributed by atoms with Gasteiger partial charge in [-0.1, -0.05) is 51.5 Å². The summed E-state index contributed by atoms with van der Waals surface area (Å²) in [5.74, 6) is 0.605. The number of halogens is 1. The van der Waals surface area contributed by atoms with Crippen LogP contribution >= 0.6 is 11.6 Å². The summed E-state index contributed by atoms with van der Waals surface area (Å²) < 4.78 is 0. The van der Waals surface area contributed by atoms with Crippen molar-refractivity contribution < 1.29 is 0 Å². The number of hydrogen-bond acceptors (Lipinski definition) is 1. The van der Waals surface area contributed by atoms with Gasteiger partial charge in [-0.25, -0.2) is 0 Å². The van der Waals surface area contributed by atoms with Gasteiger partial charge >= 0.3 is 0 Å². The van der Waals surface area contributed by atoms with Crippen molar-refractivity contribution in [2.45, 2.75) is 51.5 Å². The molecule has 0 fully saturated rings. The van der Waals surface area contributed by atoms with Crippen LogP contribution in [0.5, 0.6) is 0 Å². The Bertz CT molecular complexity index is 305. The summed E-state index contributed by atoms with van der Waals surface area (Å²) in [4.78, 5) is 0. The largest absolute Gasteiger partial charge is 0.311 e. The first-order valence-electron chi connectivity index (χ1n) is 6.57. The minimum Gasteiger partial charge on any atom is -0.311 e. The maximum Gasteiger partial charge on any atom is 0.0460 e. The van der Waals surface area contributed by atoms with Crippen LogP contribution in [0.15, 0.2) is 24.3 Å². The average molecular weight is 254 g/mol. The van der Waals surface area contributed by atoms with Crippen LogP contribution in [-0.2, 0) is 6.54 Å². The van der Waals surface area contributed by atoms with Crippen LogP contribution in [0.25, 0.3) is 0 Å². The second-order valence-electron chi connectivity index (χ2n) is 4.91. The zero-order chi connectivity index (χ0) is 12.7. The van der Waals surface area contributed by atoms with E-state index in [0.29, 0.717) is 5.92 Å². The van der Waals surface area contributed by atoms with Crippen LogP contribution in [-0.4, -0.2) is 11.9 Å². The van der Waals surface area contributed by atoms with Gasteiger partial charge in [0.1, 0.15) is 0 Å². The number of rotatable bonds is 7. The lowest BCUT2D eigenvalue weighted by Crippen LogP contribution is -2.22. The molecule has 0 spiro atoms. The van der Waals surface area contributed by atoms with Gasteiger partial charge in [-0.15, -0.1) is 11.6 Å². The molecule has 1 N–H and O–H groups in total. The van der Waals surface area contributed by atoms with Gasteiger partial charge in [0.2, 0.25) is 0 Å². The summed E-state index contributed by atoms with van der Waals surface area (Å²) in [5.41, 5.74) is 2.73. The van der Waals surface area contributed by atoms with E-state index in [-0.39, 0.29) is 5.38 Å². The van der Waals surface area contributed by atoms with Gasteiger partial charge in [-0.2, -0.15) is 0 Å². The maximum absolute atomic E-state index is 6.15. The van der Waals surface area contributed by atoms with Crippen molar-refractivity contribution >= 4 is 11.6 Å². The van der Waals surface area contributed by atoms with Gasteiger partial charge in [-0.3, -0.25) is 0 Å². The molecule has 0 bridgehead atoms. The standard InChI is InChI=1S/C15H24ClN/c1-4-5-15(16)11-17-10-13-6-8-14(9-7-13)12(2)3/h6-9,12,15,17H,4-5,10-11H2,1-3H3. The minimum absolute atomic E-state index is 0.259. The highest BCUT2D eigenvalue weighted by molar-refractivity contribution is 6.20. The molecule has 1 rings (SSSR count). The molecule has 96 valence electrons. The summed E-state index contributed by atoms with van der Waals surface area (Å²) in [7, 11) is 0. The lowest BCUT2D eigenvalue weighted by atomic mass is 10.0. The van der Waals surface area contributed by atoms with Crippen molar-refractivity contribution in [3.63, 3.8) is 0 Å². The Kier molecular flexibility index (Phi) is 6.61. The summed E-state index contributed by atoms with van der Waals surface area (Å²) in [6.07, 6.45) is 2.24. The topological polar surface area (TPSA) is 12.0 Å². The number of benzene rings is 1. The highest BCUT2D eigenvalue weighted by Crippen LogP contribution is 2.14. The summed E-state index contributed by atoms with van der Waals surface area (Å²) in [5, 5.41) is 3.66. The fourth-order valence-electron chi connectivity index (χ4n) is 1.81. The van der Waals surface area contributed by atoms with Crippen LogP contribution in [0.3, 0.4) is 0 Å². The minimum atomic E-state index is 0.259. The van der Waals surface area contributed by atoms with Crippen LogP contribution in [0.4, 0.5) is 0 Å². The van der Waals surface area contributed by atoms with Crippen LogP contribution in [0.1, 0.15) is 50.7 Å². The average Bonchev–Trinajstić information content (AvgIpc) is 2.30. The molecule has 1 atom stereocenters. The second-order valence-corrected chi connectivity index (χ2v) is 5.53. The van der Waals surface area contributed by atoms with E-state index in [1.54, 1.807) is 0 Å². The lowest BCUT2D eigenvalue weighted by molar-refractivity contribution is 0.623. The van der Waals surface area contributed by atoms with E-state index in [4.69, 9.17) is 11.6 Å². The number of hydrogen-bond donors (Lipinski definition) is 1. The van der Waals surface area contributed by atoms with Crippen molar-refractivity contribution in [2.75, 3.05) is 6.54 Å². The molecule has 0 aliphatic heterocycles. The highest BCUT2D eigenvalue weighted by atomic mass is 35.5. The first-order valence-corrected chi connectivity index (χ1v) is 7.00. The summed E-state index contributed by atoms with van der Waals surface area (Å²) in [6.45, 7) is 8.40. The van der Waals surface area contributed by atoms with Gasteiger partial charge in [0.05, 0.1) is 0 Å². The Morgan fingerprint density at radius 3 is 2.35 bits per heavy atom. The van der Waals surface area contributed by atoms with Crippen molar-refractivity contribution in [1.29, 1.82) is 0 Å². The molecule has 0 aliphatic carbocycles. The third-order valence-corrected chi connectivity index (χ3v) is 3.32. The first-order chi connectivity index (χ1) is 8.13.